The number of ether oxygens (including phenoxy) is 1. The number of nitrogens with zero attached hydrogens (tertiary/aromatic N) is 3. The van der Waals surface area contributed by atoms with Gasteiger partial charge in [-0.1, -0.05) is 0 Å². The predicted molar refractivity (Wildman–Crippen MR) is 64.1 cm³/mol. The van der Waals surface area contributed by atoms with Crippen molar-refractivity contribution >= 4 is 28.6 Å². The van der Waals surface area contributed by atoms with Gasteiger partial charge >= 0.3 is 0 Å². The molecule has 0 saturated carbocycles. The van der Waals surface area contributed by atoms with E-state index in [1.54, 1.807) is 6.33 Å². The third kappa shape index (κ3) is 1.94. The number of aromatic amines is 1. The smallest absolute Gasteiger partial charge is 0.226 e. The first-order valence-electron chi connectivity index (χ1n) is 5.49. The van der Waals surface area contributed by atoms with Gasteiger partial charge in [0.15, 0.2) is 11.5 Å². The summed E-state index contributed by atoms with van der Waals surface area (Å²) in [4.78, 5) is 15.3. The lowest BCUT2D eigenvalue weighted by Gasteiger charge is -2.16. The molecule has 1 saturated heterocycles. The lowest BCUT2D eigenvalue weighted by Crippen LogP contribution is -2.27. The minimum absolute atomic E-state index is 0.168. The molecule has 0 spiro atoms. The van der Waals surface area contributed by atoms with E-state index in [-0.39, 0.29) is 17.4 Å². The summed E-state index contributed by atoms with van der Waals surface area (Å²) in [7, 11) is 0. The van der Waals surface area contributed by atoms with Gasteiger partial charge in [-0.25, -0.2) is 4.98 Å². The highest BCUT2D eigenvalue weighted by Crippen LogP contribution is 2.23. The highest BCUT2D eigenvalue weighted by Gasteiger charge is 2.25. The molecule has 1 aliphatic heterocycles. The number of H-pyrrole nitrogens is 1. The third-order valence-corrected chi connectivity index (χ3v) is 3.13. The van der Waals surface area contributed by atoms with Crippen LogP contribution in [0, 0.1) is 0 Å². The van der Waals surface area contributed by atoms with E-state index in [0.717, 1.165) is 18.5 Å². The van der Waals surface area contributed by atoms with Crippen LogP contribution >= 0.6 is 11.6 Å². The Balaban J connectivity index is 1.96. The van der Waals surface area contributed by atoms with Gasteiger partial charge in [0, 0.05) is 6.61 Å². The SMILES string of the molecule is CC1OCCC1Nc1nc(Cl)nc2nc[nH]c12. The van der Waals surface area contributed by atoms with Crippen LogP contribution in [0.4, 0.5) is 5.82 Å². The average Bonchev–Trinajstić information content (AvgIpc) is 2.88. The van der Waals surface area contributed by atoms with E-state index in [2.05, 4.69) is 25.3 Å². The number of imidazole rings is 1. The Bertz CT molecular complexity index is 542. The fraction of sp³-hybridized carbons (Fsp3) is 0.500. The highest BCUT2D eigenvalue weighted by molar-refractivity contribution is 6.28. The van der Waals surface area contributed by atoms with Gasteiger partial charge < -0.3 is 15.0 Å². The monoisotopic (exact) mass is 253 g/mol. The molecular weight excluding hydrogens is 242 g/mol. The van der Waals surface area contributed by atoms with Crippen molar-refractivity contribution in [1.29, 1.82) is 0 Å². The molecule has 3 rings (SSSR count). The lowest BCUT2D eigenvalue weighted by molar-refractivity contribution is 0.121. The minimum atomic E-state index is 0.168. The van der Waals surface area contributed by atoms with E-state index in [9.17, 15) is 0 Å². The zero-order valence-electron chi connectivity index (χ0n) is 9.27. The van der Waals surface area contributed by atoms with Crippen LogP contribution in [0.2, 0.25) is 5.28 Å². The Labute approximate surface area is 103 Å². The summed E-state index contributed by atoms with van der Waals surface area (Å²) >= 11 is 5.86. The van der Waals surface area contributed by atoms with E-state index >= 15 is 0 Å². The number of rotatable bonds is 2. The number of halogens is 1. The van der Waals surface area contributed by atoms with Crippen molar-refractivity contribution in [3.05, 3.63) is 11.6 Å². The third-order valence-electron chi connectivity index (χ3n) is 2.96. The van der Waals surface area contributed by atoms with Crippen LogP contribution in [0.25, 0.3) is 11.2 Å². The van der Waals surface area contributed by atoms with Crippen LogP contribution in [-0.4, -0.2) is 38.7 Å². The molecule has 3 heterocycles. The van der Waals surface area contributed by atoms with E-state index in [0.29, 0.717) is 11.5 Å². The Morgan fingerprint density at radius 1 is 1.53 bits per heavy atom. The largest absolute Gasteiger partial charge is 0.376 e. The van der Waals surface area contributed by atoms with Gasteiger partial charge in [0.25, 0.3) is 0 Å². The molecule has 0 radical (unpaired) electrons. The molecule has 0 aliphatic carbocycles. The zero-order valence-corrected chi connectivity index (χ0v) is 10.0. The molecule has 1 aliphatic rings. The summed E-state index contributed by atoms with van der Waals surface area (Å²) in [5, 5.41) is 3.52. The second-order valence-electron chi connectivity index (χ2n) is 4.06. The van der Waals surface area contributed by atoms with Crippen LogP contribution in [0.15, 0.2) is 6.33 Å². The molecule has 6 nitrogen and oxygen atoms in total. The van der Waals surface area contributed by atoms with Crippen molar-refractivity contribution in [2.75, 3.05) is 11.9 Å². The Hall–Kier alpha value is -1.40. The first-order chi connectivity index (χ1) is 8.24. The second-order valence-corrected chi connectivity index (χ2v) is 4.40. The van der Waals surface area contributed by atoms with Crippen molar-refractivity contribution in [2.45, 2.75) is 25.5 Å². The highest BCUT2D eigenvalue weighted by atomic mass is 35.5. The minimum Gasteiger partial charge on any atom is -0.376 e. The molecule has 17 heavy (non-hydrogen) atoms. The van der Waals surface area contributed by atoms with Gasteiger partial charge in [-0.15, -0.1) is 0 Å². The fourth-order valence-electron chi connectivity index (χ4n) is 2.01. The standard InChI is InChI=1S/C10H12ClN5O/c1-5-6(2-3-17-5)14-9-7-8(13-4-12-7)15-10(11)16-9/h4-6H,2-3H2,1H3,(H2,12,13,14,15,16). The molecule has 7 heteroatoms. The average molecular weight is 254 g/mol. The summed E-state index contributed by atoms with van der Waals surface area (Å²) in [6.07, 6.45) is 2.70. The van der Waals surface area contributed by atoms with Crippen molar-refractivity contribution in [3.63, 3.8) is 0 Å². The number of hydrogen-bond acceptors (Lipinski definition) is 5. The van der Waals surface area contributed by atoms with Crippen molar-refractivity contribution in [1.82, 2.24) is 19.9 Å². The maximum Gasteiger partial charge on any atom is 0.226 e. The van der Waals surface area contributed by atoms with E-state index < -0.39 is 0 Å². The maximum atomic E-state index is 5.86. The van der Waals surface area contributed by atoms with Gasteiger partial charge in [0.05, 0.1) is 18.5 Å². The molecule has 2 unspecified atom stereocenters. The fourth-order valence-corrected chi connectivity index (χ4v) is 2.17. The Kier molecular flexibility index (Phi) is 2.60. The molecule has 2 N–H and O–H groups in total. The Morgan fingerprint density at radius 2 is 2.41 bits per heavy atom. The second kappa shape index (κ2) is 4.12. The number of nitrogens with one attached hydrogen (secondary N) is 2. The Morgan fingerprint density at radius 3 is 3.18 bits per heavy atom. The summed E-state index contributed by atoms with van der Waals surface area (Å²) in [5.41, 5.74) is 1.34. The van der Waals surface area contributed by atoms with Crippen LogP contribution in [0.5, 0.6) is 0 Å². The molecule has 2 aromatic rings. The molecule has 1 fully saturated rings. The lowest BCUT2D eigenvalue weighted by atomic mass is 10.1. The molecule has 2 aromatic heterocycles. The summed E-state index contributed by atoms with van der Waals surface area (Å²) in [5.74, 6) is 0.680. The molecule has 2 atom stereocenters. The van der Waals surface area contributed by atoms with E-state index in [4.69, 9.17) is 16.3 Å². The summed E-state index contributed by atoms with van der Waals surface area (Å²) in [6.45, 7) is 2.81. The topological polar surface area (TPSA) is 75.7 Å². The first kappa shape index (κ1) is 10.7. The van der Waals surface area contributed by atoms with Crippen molar-refractivity contribution in [2.24, 2.45) is 0 Å². The summed E-state index contributed by atoms with van der Waals surface area (Å²) < 4.78 is 5.50. The van der Waals surface area contributed by atoms with Gasteiger partial charge in [-0.05, 0) is 24.9 Å². The van der Waals surface area contributed by atoms with Crippen molar-refractivity contribution < 1.29 is 4.74 Å². The molecule has 0 amide bonds. The van der Waals surface area contributed by atoms with E-state index in [1.165, 1.54) is 0 Å². The quantitative estimate of drug-likeness (QED) is 0.795. The van der Waals surface area contributed by atoms with Crippen LogP contribution < -0.4 is 5.32 Å². The maximum absolute atomic E-state index is 5.86. The predicted octanol–water partition coefficient (Wildman–Crippen LogP) is 1.60. The van der Waals surface area contributed by atoms with Crippen LogP contribution in [0.1, 0.15) is 13.3 Å². The molecular formula is C10H12ClN5O. The molecule has 0 bridgehead atoms. The summed E-state index contributed by atoms with van der Waals surface area (Å²) in [6, 6.07) is 0.243. The van der Waals surface area contributed by atoms with Gasteiger partial charge in [0.2, 0.25) is 5.28 Å². The first-order valence-corrected chi connectivity index (χ1v) is 5.86. The van der Waals surface area contributed by atoms with E-state index in [1.807, 2.05) is 6.92 Å². The zero-order chi connectivity index (χ0) is 11.8. The number of fused-ring (bicyclic) bond motifs is 1. The number of aromatic nitrogens is 4. The van der Waals surface area contributed by atoms with Gasteiger partial charge in [-0.3, -0.25) is 0 Å². The van der Waals surface area contributed by atoms with Crippen molar-refractivity contribution in [3.8, 4) is 0 Å². The number of anilines is 1. The molecule has 90 valence electrons. The van der Waals surface area contributed by atoms with Gasteiger partial charge in [-0.2, -0.15) is 9.97 Å². The normalized spacial score (nSPS) is 24.4. The van der Waals surface area contributed by atoms with Crippen LogP contribution in [0.3, 0.4) is 0 Å². The number of hydrogen-bond donors (Lipinski definition) is 2. The molecule has 0 aromatic carbocycles. The van der Waals surface area contributed by atoms with Gasteiger partial charge in [0.1, 0.15) is 5.52 Å². The van der Waals surface area contributed by atoms with Crippen LogP contribution in [-0.2, 0) is 4.74 Å².